The van der Waals surface area contributed by atoms with Crippen molar-refractivity contribution in [1.82, 2.24) is 9.88 Å². The van der Waals surface area contributed by atoms with Gasteiger partial charge in [0.25, 0.3) is 0 Å². The van der Waals surface area contributed by atoms with E-state index in [9.17, 15) is 10.1 Å². The van der Waals surface area contributed by atoms with Gasteiger partial charge in [-0.15, -0.1) is 0 Å². The van der Waals surface area contributed by atoms with Crippen molar-refractivity contribution in [3.05, 3.63) is 74.9 Å². The first-order chi connectivity index (χ1) is 13.6. The lowest BCUT2D eigenvalue weighted by Crippen LogP contribution is -2.18. The number of hydrogen-bond acceptors (Lipinski definition) is 5. The number of benzene rings is 2. The predicted molar refractivity (Wildman–Crippen MR) is 112 cm³/mol. The zero-order valence-electron chi connectivity index (χ0n) is 15.4. The molecule has 0 unspecified atom stereocenters. The van der Waals surface area contributed by atoms with Crippen LogP contribution in [0.3, 0.4) is 0 Å². The van der Waals surface area contributed by atoms with Crippen molar-refractivity contribution in [1.29, 1.82) is 0 Å². The lowest BCUT2D eigenvalue weighted by atomic mass is 10.1. The smallest absolute Gasteiger partial charge is 0.329 e. The quantitative estimate of drug-likeness (QED) is 0.360. The maximum absolute atomic E-state index is 11.6. The van der Waals surface area contributed by atoms with Gasteiger partial charge in [-0.05, 0) is 43.1 Å². The van der Waals surface area contributed by atoms with Gasteiger partial charge in [0.15, 0.2) is 0 Å². The van der Waals surface area contributed by atoms with E-state index in [0.29, 0.717) is 23.1 Å². The number of halogens is 1. The van der Waals surface area contributed by atoms with Crippen LogP contribution in [0.4, 0.5) is 11.4 Å². The summed E-state index contributed by atoms with van der Waals surface area (Å²) in [6, 6.07) is 15.6. The molecule has 0 bridgehead atoms. The van der Waals surface area contributed by atoms with Crippen LogP contribution in [0.2, 0.25) is 5.15 Å². The number of nitrogens with one attached hydrogen (secondary N) is 1. The fourth-order valence-corrected chi connectivity index (χ4v) is 4.00. The van der Waals surface area contributed by atoms with Gasteiger partial charge in [0.2, 0.25) is 5.15 Å². The average molecular weight is 397 g/mol. The Labute approximate surface area is 168 Å². The molecule has 1 fully saturated rings. The number of nitro groups is 1. The van der Waals surface area contributed by atoms with Crippen molar-refractivity contribution in [2.24, 2.45) is 0 Å². The maximum Gasteiger partial charge on any atom is 0.329 e. The Morgan fingerprint density at radius 2 is 1.86 bits per heavy atom. The summed E-state index contributed by atoms with van der Waals surface area (Å²) in [6.45, 7) is 3.71. The third-order valence-corrected chi connectivity index (χ3v) is 5.34. The first-order valence-corrected chi connectivity index (χ1v) is 9.76. The second kappa shape index (κ2) is 8.12. The molecule has 0 amide bonds. The SMILES string of the molecule is O=[N+]([O-])c1c(Cl)nc2ccccc2c1NCc1cccc(CN2CCCC2)c1. The fourth-order valence-electron chi connectivity index (χ4n) is 3.74. The highest BCUT2D eigenvalue weighted by atomic mass is 35.5. The van der Waals surface area contributed by atoms with Crippen molar-refractivity contribution in [3.8, 4) is 0 Å². The van der Waals surface area contributed by atoms with Crippen LogP contribution in [0.1, 0.15) is 24.0 Å². The van der Waals surface area contributed by atoms with E-state index in [4.69, 9.17) is 11.6 Å². The average Bonchev–Trinajstić information content (AvgIpc) is 3.18. The van der Waals surface area contributed by atoms with Crippen LogP contribution >= 0.6 is 11.6 Å². The van der Waals surface area contributed by atoms with Crippen LogP contribution < -0.4 is 5.32 Å². The molecule has 3 aromatic rings. The van der Waals surface area contributed by atoms with Crippen molar-refractivity contribution in [3.63, 3.8) is 0 Å². The van der Waals surface area contributed by atoms with E-state index in [1.807, 2.05) is 30.3 Å². The second-order valence-corrected chi connectivity index (χ2v) is 7.42. The third-order valence-electron chi connectivity index (χ3n) is 5.07. The minimum atomic E-state index is -0.478. The predicted octanol–water partition coefficient (Wildman–Crippen LogP) is 5.00. The van der Waals surface area contributed by atoms with E-state index in [1.165, 1.54) is 18.4 Å². The van der Waals surface area contributed by atoms with Gasteiger partial charge in [0, 0.05) is 18.5 Å². The van der Waals surface area contributed by atoms with Gasteiger partial charge in [0.05, 0.1) is 10.4 Å². The molecule has 0 aliphatic carbocycles. The molecule has 0 spiro atoms. The summed E-state index contributed by atoms with van der Waals surface area (Å²) < 4.78 is 0. The molecule has 4 rings (SSSR count). The van der Waals surface area contributed by atoms with Gasteiger partial charge >= 0.3 is 5.69 Å². The van der Waals surface area contributed by atoms with Crippen LogP contribution in [0.5, 0.6) is 0 Å². The van der Waals surface area contributed by atoms with Gasteiger partial charge in [-0.2, -0.15) is 0 Å². The molecule has 0 radical (unpaired) electrons. The highest BCUT2D eigenvalue weighted by Gasteiger charge is 2.23. The van der Waals surface area contributed by atoms with Gasteiger partial charge in [-0.25, -0.2) is 4.98 Å². The van der Waals surface area contributed by atoms with E-state index in [-0.39, 0.29) is 10.8 Å². The Hall–Kier alpha value is -2.70. The van der Waals surface area contributed by atoms with Crippen LogP contribution in [0.25, 0.3) is 10.9 Å². The number of fused-ring (bicyclic) bond motifs is 1. The normalized spacial score (nSPS) is 14.5. The fraction of sp³-hybridized carbons (Fsp3) is 0.286. The summed E-state index contributed by atoms with van der Waals surface area (Å²) in [5.41, 5.74) is 3.18. The number of likely N-dealkylation sites (tertiary alicyclic amines) is 1. The molecule has 2 aromatic carbocycles. The summed E-state index contributed by atoms with van der Waals surface area (Å²) in [5, 5.41) is 15.4. The highest BCUT2D eigenvalue weighted by Crippen LogP contribution is 2.37. The zero-order valence-corrected chi connectivity index (χ0v) is 16.2. The topological polar surface area (TPSA) is 71.3 Å². The molecule has 1 aromatic heterocycles. The Morgan fingerprint density at radius 1 is 1.11 bits per heavy atom. The van der Waals surface area contributed by atoms with Crippen LogP contribution in [0.15, 0.2) is 48.5 Å². The number of pyridine rings is 1. The molecule has 1 N–H and O–H groups in total. The summed E-state index contributed by atoms with van der Waals surface area (Å²) in [5.74, 6) is 0. The van der Waals surface area contributed by atoms with Crippen LogP contribution in [0, 0.1) is 10.1 Å². The first kappa shape index (κ1) is 18.7. The summed E-state index contributed by atoms with van der Waals surface area (Å²) in [4.78, 5) is 17.7. The van der Waals surface area contributed by atoms with E-state index >= 15 is 0 Å². The number of rotatable bonds is 6. The number of nitrogens with zero attached hydrogens (tertiary/aromatic N) is 3. The molecule has 144 valence electrons. The van der Waals surface area contributed by atoms with Gasteiger partial charge in [-0.3, -0.25) is 15.0 Å². The number of aromatic nitrogens is 1. The molecule has 28 heavy (non-hydrogen) atoms. The lowest BCUT2D eigenvalue weighted by molar-refractivity contribution is -0.384. The standard InChI is InChI=1S/C21H21ClN4O2/c22-21-20(26(27)28)19(17-8-1-2-9-18(17)24-21)23-13-15-6-5-7-16(12-15)14-25-10-3-4-11-25/h1-2,5-9,12H,3-4,10-11,13-14H2,(H,23,24). The highest BCUT2D eigenvalue weighted by molar-refractivity contribution is 6.33. The molecule has 1 aliphatic heterocycles. The number of anilines is 1. The van der Waals surface area contributed by atoms with Crippen molar-refractivity contribution in [2.45, 2.75) is 25.9 Å². The summed E-state index contributed by atoms with van der Waals surface area (Å²) >= 11 is 6.11. The van der Waals surface area contributed by atoms with Gasteiger partial charge in [-0.1, -0.05) is 54.1 Å². The second-order valence-electron chi connectivity index (χ2n) is 7.06. The molecule has 0 atom stereocenters. The monoisotopic (exact) mass is 396 g/mol. The summed E-state index contributed by atoms with van der Waals surface area (Å²) in [7, 11) is 0. The third kappa shape index (κ3) is 3.93. The van der Waals surface area contributed by atoms with Gasteiger partial charge in [0.1, 0.15) is 5.69 Å². The summed E-state index contributed by atoms with van der Waals surface area (Å²) in [6.07, 6.45) is 2.53. The Bertz CT molecular complexity index is 1020. The van der Waals surface area contributed by atoms with Crippen molar-refractivity contribution >= 4 is 33.9 Å². The number of hydrogen-bond donors (Lipinski definition) is 1. The Kier molecular flexibility index (Phi) is 5.41. The van der Waals surface area contributed by atoms with E-state index in [2.05, 4.69) is 27.3 Å². The first-order valence-electron chi connectivity index (χ1n) is 9.38. The van der Waals surface area contributed by atoms with E-state index in [0.717, 1.165) is 25.2 Å². The van der Waals surface area contributed by atoms with E-state index in [1.54, 1.807) is 6.07 Å². The zero-order chi connectivity index (χ0) is 19.5. The molecule has 2 heterocycles. The molecule has 0 saturated carbocycles. The molecule has 1 aliphatic rings. The van der Waals surface area contributed by atoms with E-state index < -0.39 is 4.92 Å². The largest absolute Gasteiger partial charge is 0.375 e. The minimum Gasteiger partial charge on any atom is -0.375 e. The van der Waals surface area contributed by atoms with Crippen LogP contribution in [-0.4, -0.2) is 27.9 Å². The maximum atomic E-state index is 11.6. The lowest BCUT2D eigenvalue weighted by Gasteiger charge is -2.16. The van der Waals surface area contributed by atoms with Gasteiger partial charge < -0.3 is 5.32 Å². The molecular formula is C21H21ClN4O2. The van der Waals surface area contributed by atoms with Crippen molar-refractivity contribution in [2.75, 3.05) is 18.4 Å². The minimum absolute atomic E-state index is 0.103. The number of para-hydroxylation sites is 1. The molecule has 6 nitrogen and oxygen atoms in total. The molecule has 1 saturated heterocycles. The van der Waals surface area contributed by atoms with Crippen molar-refractivity contribution < 1.29 is 4.92 Å². The molecular weight excluding hydrogens is 376 g/mol. The Morgan fingerprint density at radius 3 is 2.64 bits per heavy atom. The Balaban J connectivity index is 1.60. The van der Waals surface area contributed by atoms with Crippen LogP contribution in [-0.2, 0) is 13.1 Å². The molecule has 7 heteroatoms.